The quantitative estimate of drug-likeness (QED) is 0.631. The summed E-state index contributed by atoms with van der Waals surface area (Å²) in [4.78, 5) is 19.3. The maximum atomic E-state index is 12.2. The number of benzene rings is 1. The Morgan fingerprint density at radius 3 is 2.80 bits per heavy atom. The molecule has 3 nitrogen and oxygen atoms in total. The number of hydrogen-bond donors (Lipinski definition) is 1. The summed E-state index contributed by atoms with van der Waals surface area (Å²) in [5, 5.41) is 3.99. The third-order valence-electron chi connectivity index (χ3n) is 4.69. The summed E-state index contributed by atoms with van der Waals surface area (Å²) in [6, 6.07) is 14.2. The number of nitrogens with one attached hydrogen (secondary N) is 1. The standard InChI is InChI=1S/C21H24N2OS/c1-4-21(2,3)19-11-9-17(25-19)10-12-20(24)23-16-13-15-7-5-6-8-18(15)22-14-16/h5-9,11,13-14H,4,10,12H2,1-3H3,(H,23,24). The van der Waals surface area contributed by atoms with Gasteiger partial charge in [0, 0.05) is 21.6 Å². The maximum Gasteiger partial charge on any atom is 0.224 e. The molecule has 0 aliphatic carbocycles. The molecule has 130 valence electrons. The number of aromatic nitrogens is 1. The monoisotopic (exact) mass is 352 g/mol. The Morgan fingerprint density at radius 1 is 1.20 bits per heavy atom. The molecular formula is C21H24N2OS. The van der Waals surface area contributed by atoms with E-state index in [2.05, 4.69) is 43.2 Å². The highest BCUT2D eigenvalue weighted by molar-refractivity contribution is 7.12. The number of carbonyl (C=O) groups is 1. The zero-order valence-electron chi connectivity index (χ0n) is 15.0. The van der Waals surface area contributed by atoms with Gasteiger partial charge in [0.2, 0.25) is 5.91 Å². The van der Waals surface area contributed by atoms with E-state index in [1.165, 1.54) is 9.75 Å². The van der Waals surface area contributed by atoms with Gasteiger partial charge in [-0.25, -0.2) is 0 Å². The maximum absolute atomic E-state index is 12.2. The smallest absolute Gasteiger partial charge is 0.224 e. The van der Waals surface area contributed by atoms with Crippen LogP contribution in [0, 0.1) is 0 Å². The molecule has 0 saturated heterocycles. The van der Waals surface area contributed by atoms with Crippen molar-refractivity contribution in [2.24, 2.45) is 0 Å². The lowest BCUT2D eigenvalue weighted by molar-refractivity contribution is -0.116. The molecule has 1 amide bonds. The summed E-state index contributed by atoms with van der Waals surface area (Å²) in [5.74, 6) is 0.0294. The largest absolute Gasteiger partial charge is 0.325 e. The molecule has 0 aliphatic heterocycles. The topological polar surface area (TPSA) is 42.0 Å². The average Bonchev–Trinajstić information content (AvgIpc) is 3.10. The number of para-hydroxylation sites is 1. The van der Waals surface area contributed by atoms with Crippen molar-refractivity contribution in [1.29, 1.82) is 0 Å². The summed E-state index contributed by atoms with van der Waals surface area (Å²) in [7, 11) is 0. The molecule has 2 aromatic heterocycles. The molecule has 1 N–H and O–H groups in total. The summed E-state index contributed by atoms with van der Waals surface area (Å²) >= 11 is 1.82. The molecule has 0 fully saturated rings. The van der Waals surface area contributed by atoms with Crippen LogP contribution in [0.1, 0.15) is 43.4 Å². The number of anilines is 1. The molecule has 4 heteroatoms. The molecule has 1 aromatic carbocycles. The molecule has 25 heavy (non-hydrogen) atoms. The molecule has 0 radical (unpaired) electrons. The summed E-state index contributed by atoms with van der Waals surface area (Å²) in [5.41, 5.74) is 1.90. The van der Waals surface area contributed by atoms with E-state index in [1.54, 1.807) is 6.20 Å². The van der Waals surface area contributed by atoms with E-state index in [4.69, 9.17) is 0 Å². The third kappa shape index (κ3) is 4.26. The van der Waals surface area contributed by atoms with Crippen LogP contribution in [0.15, 0.2) is 48.7 Å². The van der Waals surface area contributed by atoms with Gasteiger partial charge in [-0.1, -0.05) is 39.0 Å². The second-order valence-electron chi connectivity index (χ2n) is 6.97. The minimum absolute atomic E-state index is 0.0294. The van der Waals surface area contributed by atoms with Crippen LogP contribution in [0.5, 0.6) is 0 Å². The van der Waals surface area contributed by atoms with Crippen molar-refractivity contribution in [2.75, 3.05) is 5.32 Å². The fourth-order valence-corrected chi connectivity index (χ4v) is 3.83. The molecule has 0 atom stereocenters. The zero-order valence-corrected chi connectivity index (χ0v) is 15.8. The fourth-order valence-electron chi connectivity index (χ4n) is 2.65. The van der Waals surface area contributed by atoms with Crippen LogP contribution in [-0.2, 0) is 16.6 Å². The Balaban J connectivity index is 1.59. The van der Waals surface area contributed by atoms with E-state index < -0.39 is 0 Å². The number of thiophene rings is 1. The number of rotatable bonds is 6. The number of aryl methyl sites for hydroxylation is 1. The molecule has 0 unspecified atom stereocenters. The van der Waals surface area contributed by atoms with Crippen molar-refractivity contribution < 1.29 is 4.79 Å². The van der Waals surface area contributed by atoms with E-state index in [0.29, 0.717) is 6.42 Å². The van der Waals surface area contributed by atoms with Gasteiger partial charge in [0.05, 0.1) is 17.4 Å². The van der Waals surface area contributed by atoms with Crippen LogP contribution in [-0.4, -0.2) is 10.9 Å². The van der Waals surface area contributed by atoms with Crippen LogP contribution < -0.4 is 5.32 Å². The van der Waals surface area contributed by atoms with Crippen molar-refractivity contribution in [3.63, 3.8) is 0 Å². The van der Waals surface area contributed by atoms with Crippen LogP contribution in [0.4, 0.5) is 5.69 Å². The molecule has 3 rings (SSSR count). The van der Waals surface area contributed by atoms with Gasteiger partial charge >= 0.3 is 0 Å². The summed E-state index contributed by atoms with van der Waals surface area (Å²) < 4.78 is 0. The first kappa shape index (κ1) is 17.6. The van der Waals surface area contributed by atoms with Crippen molar-refractivity contribution in [1.82, 2.24) is 4.98 Å². The first-order valence-electron chi connectivity index (χ1n) is 8.72. The lowest BCUT2D eigenvalue weighted by atomic mass is 9.89. The first-order valence-corrected chi connectivity index (χ1v) is 9.53. The van der Waals surface area contributed by atoms with E-state index in [1.807, 2.05) is 41.7 Å². The number of amides is 1. The summed E-state index contributed by atoms with van der Waals surface area (Å²) in [6.45, 7) is 6.74. The van der Waals surface area contributed by atoms with Gasteiger partial charge < -0.3 is 5.32 Å². The Morgan fingerprint density at radius 2 is 2.00 bits per heavy atom. The number of pyridine rings is 1. The van der Waals surface area contributed by atoms with Gasteiger partial charge in [-0.15, -0.1) is 11.3 Å². The Labute approximate surface area is 153 Å². The average molecular weight is 353 g/mol. The van der Waals surface area contributed by atoms with Gasteiger partial charge in [-0.3, -0.25) is 9.78 Å². The molecule has 0 spiro atoms. The number of nitrogens with zero attached hydrogens (tertiary/aromatic N) is 1. The van der Waals surface area contributed by atoms with Crippen molar-refractivity contribution in [3.05, 3.63) is 58.4 Å². The highest BCUT2D eigenvalue weighted by Gasteiger charge is 2.20. The number of carbonyl (C=O) groups excluding carboxylic acids is 1. The van der Waals surface area contributed by atoms with Crippen molar-refractivity contribution >= 4 is 33.8 Å². The van der Waals surface area contributed by atoms with Gasteiger partial charge in [-0.2, -0.15) is 0 Å². The predicted molar refractivity (Wildman–Crippen MR) is 106 cm³/mol. The molecule has 0 saturated carbocycles. The van der Waals surface area contributed by atoms with Crippen LogP contribution in [0.3, 0.4) is 0 Å². The van der Waals surface area contributed by atoms with Gasteiger partial charge in [0.25, 0.3) is 0 Å². The molecule has 3 aromatic rings. The first-order chi connectivity index (χ1) is 12.0. The lowest BCUT2D eigenvalue weighted by Gasteiger charge is -2.20. The van der Waals surface area contributed by atoms with Gasteiger partial charge in [0.1, 0.15) is 0 Å². The Kier molecular flexibility index (Phi) is 5.19. The summed E-state index contributed by atoms with van der Waals surface area (Å²) in [6.07, 6.45) is 4.09. The van der Waals surface area contributed by atoms with Crippen molar-refractivity contribution in [2.45, 2.75) is 45.4 Å². The highest BCUT2D eigenvalue weighted by Crippen LogP contribution is 2.33. The molecular weight excluding hydrogens is 328 g/mol. The Hall–Kier alpha value is -2.20. The van der Waals surface area contributed by atoms with Crippen LogP contribution in [0.25, 0.3) is 10.9 Å². The number of fused-ring (bicyclic) bond motifs is 1. The minimum atomic E-state index is 0.0294. The van der Waals surface area contributed by atoms with E-state index in [0.717, 1.165) is 29.4 Å². The van der Waals surface area contributed by atoms with Gasteiger partial charge in [-0.05, 0) is 42.5 Å². The van der Waals surface area contributed by atoms with Crippen molar-refractivity contribution in [3.8, 4) is 0 Å². The second kappa shape index (κ2) is 7.36. The van der Waals surface area contributed by atoms with E-state index >= 15 is 0 Å². The lowest BCUT2D eigenvalue weighted by Crippen LogP contribution is -2.13. The second-order valence-corrected chi connectivity index (χ2v) is 8.14. The SMILES string of the molecule is CCC(C)(C)c1ccc(CCC(=O)Nc2cnc3ccccc3c2)s1. The van der Waals surface area contributed by atoms with E-state index in [-0.39, 0.29) is 11.3 Å². The van der Waals surface area contributed by atoms with Crippen LogP contribution >= 0.6 is 11.3 Å². The van der Waals surface area contributed by atoms with E-state index in [9.17, 15) is 4.79 Å². The Bertz CT molecular complexity index is 882. The predicted octanol–water partition coefficient (Wildman–Crippen LogP) is 5.56. The molecule has 0 bridgehead atoms. The number of hydrogen-bond acceptors (Lipinski definition) is 3. The zero-order chi connectivity index (χ0) is 17.9. The highest BCUT2D eigenvalue weighted by atomic mass is 32.1. The minimum Gasteiger partial charge on any atom is -0.325 e. The molecule has 0 aliphatic rings. The molecule has 2 heterocycles. The fraction of sp³-hybridized carbons (Fsp3) is 0.333. The normalized spacial score (nSPS) is 11.6. The van der Waals surface area contributed by atoms with Crippen LogP contribution in [0.2, 0.25) is 0 Å². The van der Waals surface area contributed by atoms with Gasteiger partial charge in [0.15, 0.2) is 0 Å². The third-order valence-corrected chi connectivity index (χ3v) is 6.20.